The molecule has 1 aromatic heterocycles. The molecule has 0 bridgehead atoms. The lowest BCUT2D eigenvalue weighted by Crippen LogP contribution is -2.14. The quantitative estimate of drug-likeness (QED) is 0.711. The molecule has 0 aliphatic rings. The van der Waals surface area contributed by atoms with Crippen LogP contribution in [0.3, 0.4) is 0 Å². The number of nitrogens with one attached hydrogen (secondary N) is 1. The Balaban J connectivity index is 1.71. The molecular formula is C17H24N2S. The van der Waals surface area contributed by atoms with Gasteiger partial charge in [0.2, 0.25) is 0 Å². The molecule has 0 saturated carbocycles. The van der Waals surface area contributed by atoms with Gasteiger partial charge in [-0.1, -0.05) is 57.0 Å². The van der Waals surface area contributed by atoms with Crippen LogP contribution in [0.25, 0.3) is 11.3 Å². The van der Waals surface area contributed by atoms with Crippen molar-refractivity contribution < 1.29 is 0 Å². The molecule has 108 valence electrons. The number of unbranched alkanes of at least 4 members (excludes halogenated alkanes) is 1. The number of nitrogens with zero attached hydrogens (tertiary/aromatic N) is 1. The van der Waals surface area contributed by atoms with Crippen LogP contribution in [0.5, 0.6) is 0 Å². The second-order valence-corrected chi connectivity index (χ2v) is 6.50. The summed E-state index contributed by atoms with van der Waals surface area (Å²) in [5.41, 5.74) is 2.29. The Kier molecular flexibility index (Phi) is 6.22. The first kappa shape index (κ1) is 15.2. The van der Waals surface area contributed by atoms with E-state index in [-0.39, 0.29) is 0 Å². The lowest BCUT2D eigenvalue weighted by atomic mass is 10.1. The highest BCUT2D eigenvalue weighted by molar-refractivity contribution is 7.09. The zero-order valence-electron chi connectivity index (χ0n) is 12.4. The smallest absolute Gasteiger partial charge is 0.107 e. The minimum absolute atomic E-state index is 0.822. The van der Waals surface area contributed by atoms with E-state index in [1.54, 1.807) is 11.3 Å². The Morgan fingerprint density at radius 2 is 1.95 bits per heavy atom. The Hall–Kier alpha value is -1.19. The number of thiazole rings is 1. The average Bonchev–Trinajstić information content (AvgIpc) is 2.92. The summed E-state index contributed by atoms with van der Waals surface area (Å²) in [5, 5.41) is 6.81. The van der Waals surface area contributed by atoms with Crippen LogP contribution in [0.15, 0.2) is 35.7 Å². The van der Waals surface area contributed by atoms with Crippen molar-refractivity contribution in [1.29, 1.82) is 0 Å². The van der Waals surface area contributed by atoms with E-state index >= 15 is 0 Å². The Labute approximate surface area is 126 Å². The van der Waals surface area contributed by atoms with E-state index in [4.69, 9.17) is 0 Å². The molecule has 2 rings (SSSR count). The summed E-state index contributed by atoms with van der Waals surface area (Å²) >= 11 is 1.74. The normalized spacial score (nSPS) is 11.2. The van der Waals surface area contributed by atoms with Crippen molar-refractivity contribution in [2.75, 3.05) is 6.54 Å². The molecule has 0 aliphatic heterocycles. The summed E-state index contributed by atoms with van der Waals surface area (Å²) in [6.07, 6.45) is 3.91. The fourth-order valence-electron chi connectivity index (χ4n) is 2.13. The van der Waals surface area contributed by atoms with Crippen molar-refractivity contribution in [3.63, 3.8) is 0 Å². The van der Waals surface area contributed by atoms with E-state index in [0.717, 1.165) is 24.7 Å². The van der Waals surface area contributed by atoms with Crippen LogP contribution < -0.4 is 5.32 Å². The maximum Gasteiger partial charge on any atom is 0.107 e. The Morgan fingerprint density at radius 3 is 2.70 bits per heavy atom. The molecule has 3 heteroatoms. The molecule has 1 heterocycles. The van der Waals surface area contributed by atoms with Gasteiger partial charge in [-0.2, -0.15) is 0 Å². The van der Waals surface area contributed by atoms with E-state index in [2.05, 4.69) is 53.8 Å². The molecule has 2 nitrogen and oxygen atoms in total. The number of hydrogen-bond acceptors (Lipinski definition) is 3. The first-order valence-electron chi connectivity index (χ1n) is 7.46. The number of hydrogen-bond donors (Lipinski definition) is 1. The summed E-state index contributed by atoms with van der Waals surface area (Å²) < 4.78 is 0. The monoisotopic (exact) mass is 288 g/mol. The Bertz CT molecular complexity index is 491. The van der Waals surface area contributed by atoms with E-state index in [1.807, 2.05) is 6.07 Å². The first-order valence-corrected chi connectivity index (χ1v) is 8.34. The van der Waals surface area contributed by atoms with E-state index < -0.39 is 0 Å². The molecule has 0 spiro atoms. The van der Waals surface area contributed by atoms with Crippen LogP contribution in [0.4, 0.5) is 0 Å². The van der Waals surface area contributed by atoms with Crippen LogP contribution in [0.2, 0.25) is 0 Å². The summed E-state index contributed by atoms with van der Waals surface area (Å²) in [6, 6.07) is 10.4. The van der Waals surface area contributed by atoms with Gasteiger partial charge in [0.05, 0.1) is 5.69 Å². The third kappa shape index (κ3) is 5.06. The van der Waals surface area contributed by atoms with Gasteiger partial charge in [0, 0.05) is 17.5 Å². The minimum Gasteiger partial charge on any atom is -0.310 e. The van der Waals surface area contributed by atoms with Gasteiger partial charge >= 0.3 is 0 Å². The van der Waals surface area contributed by atoms with Crippen molar-refractivity contribution in [2.45, 2.75) is 39.7 Å². The van der Waals surface area contributed by atoms with E-state index in [1.165, 1.54) is 29.8 Å². The SMILES string of the molecule is CC(C)CCCCNCc1nc(-c2ccccc2)cs1. The van der Waals surface area contributed by atoms with Crippen LogP contribution in [0.1, 0.15) is 38.1 Å². The standard InChI is InChI=1S/C17H24N2S/c1-14(2)8-6-7-11-18-12-17-19-16(13-20-17)15-9-4-3-5-10-15/h3-5,9-10,13-14,18H,6-8,11-12H2,1-2H3. The molecule has 0 atom stereocenters. The molecule has 0 unspecified atom stereocenters. The molecule has 0 radical (unpaired) electrons. The van der Waals surface area contributed by atoms with Gasteiger partial charge in [-0.25, -0.2) is 4.98 Å². The topological polar surface area (TPSA) is 24.9 Å². The zero-order valence-corrected chi connectivity index (χ0v) is 13.2. The molecule has 1 N–H and O–H groups in total. The first-order chi connectivity index (χ1) is 9.75. The predicted molar refractivity (Wildman–Crippen MR) is 87.9 cm³/mol. The predicted octanol–water partition coefficient (Wildman–Crippen LogP) is 4.73. The van der Waals surface area contributed by atoms with Crippen LogP contribution in [-0.2, 0) is 6.54 Å². The molecule has 0 fully saturated rings. The fraction of sp³-hybridized carbons (Fsp3) is 0.471. The molecule has 0 aliphatic carbocycles. The maximum absolute atomic E-state index is 4.68. The summed E-state index contributed by atoms with van der Waals surface area (Å²) in [7, 11) is 0. The van der Waals surface area contributed by atoms with Crippen LogP contribution in [0, 0.1) is 5.92 Å². The second-order valence-electron chi connectivity index (χ2n) is 5.56. The third-order valence-electron chi connectivity index (χ3n) is 3.28. The Morgan fingerprint density at radius 1 is 1.15 bits per heavy atom. The third-order valence-corrected chi connectivity index (χ3v) is 4.13. The summed E-state index contributed by atoms with van der Waals surface area (Å²) in [5.74, 6) is 0.822. The molecule has 20 heavy (non-hydrogen) atoms. The van der Waals surface area contributed by atoms with Gasteiger partial charge in [0.1, 0.15) is 5.01 Å². The van der Waals surface area contributed by atoms with Crippen molar-refractivity contribution in [1.82, 2.24) is 10.3 Å². The average molecular weight is 288 g/mol. The van der Waals surface area contributed by atoms with Gasteiger partial charge in [-0.05, 0) is 18.9 Å². The molecular weight excluding hydrogens is 264 g/mol. The lowest BCUT2D eigenvalue weighted by molar-refractivity contribution is 0.520. The summed E-state index contributed by atoms with van der Waals surface area (Å²) in [4.78, 5) is 4.68. The van der Waals surface area contributed by atoms with Gasteiger partial charge in [0.15, 0.2) is 0 Å². The van der Waals surface area contributed by atoms with Gasteiger partial charge in [-0.3, -0.25) is 0 Å². The molecule has 0 saturated heterocycles. The highest BCUT2D eigenvalue weighted by atomic mass is 32.1. The van der Waals surface area contributed by atoms with E-state index in [9.17, 15) is 0 Å². The largest absolute Gasteiger partial charge is 0.310 e. The minimum atomic E-state index is 0.822. The van der Waals surface area contributed by atoms with Crippen LogP contribution >= 0.6 is 11.3 Å². The van der Waals surface area contributed by atoms with Crippen LogP contribution in [-0.4, -0.2) is 11.5 Å². The molecule has 1 aromatic carbocycles. The van der Waals surface area contributed by atoms with Crippen molar-refractivity contribution in [3.8, 4) is 11.3 Å². The number of benzene rings is 1. The highest BCUT2D eigenvalue weighted by Gasteiger charge is 2.03. The fourth-order valence-corrected chi connectivity index (χ4v) is 2.90. The van der Waals surface area contributed by atoms with Gasteiger partial charge in [0.25, 0.3) is 0 Å². The van der Waals surface area contributed by atoms with Crippen molar-refractivity contribution in [2.24, 2.45) is 5.92 Å². The van der Waals surface area contributed by atoms with E-state index in [0.29, 0.717) is 0 Å². The van der Waals surface area contributed by atoms with Gasteiger partial charge in [-0.15, -0.1) is 11.3 Å². The second kappa shape index (κ2) is 8.18. The molecule has 0 amide bonds. The summed E-state index contributed by atoms with van der Waals surface area (Å²) in [6.45, 7) is 6.55. The highest BCUT2D eigenvalue weighted by Crippen LogP contribution is 2.21. The molecule has 2 aromatic rings. The number of aromatic nitrogens is 1. The maximum atomic E-state index is 4.68. The number of rotatable bonds is 8. The van der Waals surface area contributed by atoms with Crippen molar-refractivity contribution in [3.05, 3.63) is 40.7 Å². The zero-order chi connectivity index (χ0) is 14.2. The van der Waals surface area contributed by atoms with Gasteiger partial charge < -0.3 is 5.32 Å². The van der Waals surface area contributed by atoms with Crippen molar-refractivity contribution >= 4 is 11.3 Å². The lowest BCUT2D eigenvalue weighted by Gasteiger charge is -2.05.